The second-order valence-corrected chi connectivity index (χ2v) is 4.93. The largest absolute Gasteiger partial charge is 0.397 e. The highest BCUT2D eigenvalue weighted by Gasteiger charge is 2.14. The average molecular weight is 311 g/mol. The highest BCUT2D eigenvalue weighted by atomic mass is 35.5. The van der Waals surface area contributed by atoms with Crippen molar-refractivity contribution < 1.29 is 8.78 Å². The first-order valence-electron chi connectivity index (χ1n) is 6.01. The number of nitrogens with one attached hydrogen (secondary N) is 1. The number of nitrogens with zero attached hydrogens (tertiary/aromatic N) is 2. The van der Waals surface area contributed by atoms with E-state index in [-0.39, 0.29) is 11.2 Å². The summed E-state index contributed by atoms with van der Waals surface area (Å²) in [6.45, 7) is 6.59. The molecule has 1 aromatic carbocycles. The van der Waals surface area contributed by atoms with Gasteiger partial charge in [0, 0.05) is 5.39 Å². The van der Waals surface area contributed by atoms with E-state index in [9.17, 15) is 8.78 Å². The van der Waals surface area contributed by atoms with Gasteiger partial charge in [0.25, 0.3) is 0 Å². The van der Waals surface area contributed by atoms with Crippen LogP contribution < -0.4 is 5.73 Å². The number of H-pyrrole nitrogens is 1. The third-order valence-electron chi connectivity index (χ3n) is 2.84. The molecule has 1 aromatic heterocycles. The summed E-state index contributed by atoms with van der Waals surface area (Å²) in [5, 5.41) is 6.71. The molecule has 0 fully saturated rings. The molecule has 0 aliphatic rings. The molecule has 0 aliphatic heterocycles. The molecule has 0 bridgehead atoms. The van der Waals surface area contributed by atoms with Gasteiger partial charge in [0.15, 0.2) is 11.0 Å². The molecule has 0 atom stereocenters. The van der Waals surface area contributed by atoms with Crippen LogP contribution in [0.15, 0.2) is 40.4 Å². The lowest BCUT2D eigenvalue weighted by atomic mass is 10.1. The summed E-state index contributed by atoms with van der Waals surface area (Å²) in [6.07, 6.45) is 0. The van der Waals surface area contributed by atoms with E-state index in [1.165, 1.54) is 6.07 Å². The minimum absolute atomic E-state index is 0.258. The average Bonchev–Trinajstić information content (AvgIpc) is 2.81. The van der Waals surface area contributed by atoms with E-state index >= 15 is 0 Å². The van der Waals surface area contributed by atoms with Gasteiger partial charge in [-0.1, -0.05) is 18.2 Å². The van der Waals surface area contributed by atoms with Crippen LogP contribution in [0.1, 0.15) is 18.2 Å². The fourth-order valence-electron chi connectivity index (χ4n) is 1.87. The van der Waals surface area contributed by atoms with Crippen molar-refractivity contribution in [2.24, 2.45) is 10.7 Å². The Morgan fingerprint density at radius 2 is 2.14 bits per heavy atom. The van der Waals surface area contributed by atoms with Crippen molar-refractivity contribution in [1.29, 1.82) is 0 Å². The molecule has 3 N–H and O–H groups in total. The molecular formula is C14H13ClF2N4. The maximum Gasteiger partial charge on any atom is 0.182 e. The monoisotopic (exact) mass is 310 g/mol. The van der Waals surface area contributed by atoms with E-state index in [0.29, 0.717) is 16.8 Å². The smallest absolute Gasteiger partial charge is 0.182 e. The topological polar surface area (TPSA) is 67.1 Å². The van der Waals surface area contributed by atoms with Gasteiger partial charge in [-0.3, -0.25) is 5.10 Å². The Morgan fingerprint density at radius 3 is 2.76 bits per heavy atom. The molecule has 0 unspecified atom stereocenters. The fourth-order valence-corrected chi connectivity index (χ4v) is 2.12. The number of aliphatic imine (C=N–C) groups is 1. The Labute approximate surface area is 125 Å². The maximum atomic E-state index is 13.8. The molecule has 110 valence electrons. The lowest BCUT2D eigenvalue weighted by molar-refractivity contribution is 0.635. The lowest BCUT2D eigenvalue weighted by Gasteiger charge is -2.00. The van der Waals surface area contributed by atoms with Crippen LogP contribution in [0, 0.1) is 12.7 Å². The third kappa shape index (κ3) is 2.95. The quantitative estimate of drug-likeness (QED) is 0.516. The second-order valence-electron chi connectivity index (χ2n) is 4.57. The number of hydrogen-bond donors (Lipinski definition) is 2. The highest BCUT2D eigenvalue weighted by molar-refractivity contribution is 6.31. The molecular weight excluding hydrogens is 298 g/mol. The van der Waals surface area contributed by atoms with Crippen molar-refractivity contribution in [3.63, 3.8) is 0 Å². The van der Waals surface area contributed by atoms with Crippen molar-refractivity contribution >= 4 is 28.2 Å². The van der Waals surface area contributed by atoms with Gasteiger partial charge in [0.05, 0.1) is 11.4 Å². The number of hydrogen-bond acceptors (Lipinski definition) is 3. The number of allylic oxidation sites excluding steroid dienone is 1. The van der Waals surface area contributed by atoms with Gasteiger partial charge in [0.2, 0.25) is 0 Å². The number of nitrogens with two attached hydrogens (primary N) is 1. The minimum Gasteiger partial charge on any atom is -0.397 e. The third-order valence-corrected chi connectivity index (χ3v) is 3.09. The van der Waals surface area contributed by atoms with Gasteiger partial charge in [0.1, 0.15) is 17.0 Å². The number of halogens is 3. The minimum atomic E-state index is -0.904. The van der Waals surface area contributed by atoms with Crippen molar-refractivity contribution in [2.75, 3.05) is 0 Å². The summed E-state index contributed by atoms with van der Waals surface area (Å²) >= 11 is 5.72. The van der Waals surface area contributed by atoms with E-state index < -0.39 is 16.8 Å². The Kier molecular flexibility index (Phi) is 4.09. The van der Waals surface area contributed by atoms with Crippen molar-refractivity contribution in [1.82, 2.24) is 10.2 Å². The van der Waals surface area contributed by atoms with Crippen molar-refractivity contribution in [3.8, 4) is 0 Å². The van der Waals surface area contributed by atoms with Gasteiger partial charge < -0.3 is 5.73 Å². The molecule has 21 heavy (non-hydrogen) atoms. The summed E-state index contributed by atoms with van der Waals surface area (Å²) in [4.78, 5) is 3.89. The molecule has 0 saturated heterocycles. The van der Waals surface area contributed by atoms with Crippen LogP contribution in [0.25, 0.3) is 10.9 Å². The summed E-state index contributed by atoms with van der Waals surface area (Å²) in [7, 11) is 0. The lowest BCUT2D eigenvalue weighted by Crippen LogP contribution is -1.99. The summed E-state index contributed by atoms with van der Waals surface area (Å²) in [6, 6.07) is 3.15. The molecule has 0 radical (unpaired) electrons. The van der Waals surface area contributed by atoms with Crippen LogP contribution >= 0.6 is 11.6 Å². The van der Waals surface area contributed by atoms with Gasteiger partial charge in [-0.15, -0.1) is 0 Å². The van der Waals surface area contributed by atoms with Gasteiger partial charge in [-0.05, 0) is 31.5 Å². The summed E-state index contributed by atoms with van der Waals surface area (Å²) in [5.74, 6) is -1.32. The first kappa shape index (κ1) is 15.2. The standard InChI is InChI=1S/C14H13ClF2N4/c1-6-4-9-12(20-21-13(9)10(16)5-6)8(3)19-14(15)11(17)7(2)18/h4-5H,2,18H2,1,3H3,(H,20,21)/b14-11+,19-8+. The predicted molar refractivity (Wildman–Crippen MR) is 80.3 cm³/mol. The Bertz CT molecular complexity index is 790. The molecule has 2 aromatic rings. The zero-order chi connectivity index (χ0) is 15.7. The van der Waals surface area contributed by atoms with Gasteiger partial charge in [-0.25, -0.2) is 13.8 Å². The van der Waals surface area contributed by atoms with E-state index in [1.807, 2.05) is 0 Å². The number of fused-ring (bicyclic) bond motifs is 1. The Morgan fingerprint density at radius 1 is 1.48 bits per heavy atom. The first-order chi connectivity index (χ1) is 9.81. The summed E-state index contributed by atoms with van der Waals surface area (Å²) in [5.41, 5.74) is 6.60. The normalized spacial score (nSPS) is 13.5. The fraction of sp³-hybridized carbons (Fsp3) is 0.143. The number of rotatable bonds is 3. The molecule has 0 amide bonds. The SMILES string of the molecule is C=C(N)/C(F)=C(Cl)\N=C(/C)c1n[nH]c2c(F)cc(C)cc12. The van der Waals surface area contributed by atoms with Gasteiger partial charge >= 0.3 is 0 Å². The number of benzene rings is 1. The number of aryl methyl sites for hydroxylation is 1. The van der Waals surface area contributed by atoms with Gasteiger partial charge in [-0.2, -0.15) is 5.10 Å². The molecule has 2 rings (SSSR count). The molecule has 1 heterocycles. The molecule has 0 aliphatic carbocycles. The first-order valence-corrected chi connectivity index (χ1v) is 6.39. The zero-order valence-corrected chi connectivity index (χ0v) is 12.2. The zero-order valence-electron chi connectivity index (χ0n) is 11.5. The molecule has 4 nitrogen and oxygen atoms in total. The Balaban J connectivity index is 2.57. The summed E-state index contributed by atoms with van der Waals surface area (Å²) < 4.78 is 27.3. The van der Waals surface area contributed by atoms with Crippen LogP contribution in [0.2, 0.25) is 0 Å². The molecule has 0 saturated carbocycles. The second kappa shape index (κ2) is 5.65. The van der Waals surface area contributed by atoms with Crippen LogP contribution in [0.5, 0.6) is 0 Å². The van der Waals surface area contributed by atoms with Crippen LogP contribution in [0.3, 0.4) is 0 Å². The van der Waals surface area contributed by atoms with Crippen LogP contribution in [0.4, 0.5) is 8.78 Å². The van der Waals surface area contributed by atoms with Crippen molar-refractivity contribution in [2.45, 2.75) is 13.8 Å². The molecule has 0 spiro atoms. The highest BCUT2D eigenvalue weighted by Crippen LogP contribution is 2.23. The van der Waals surface area contributed by atoms with Crippen LogP contribution in [-0.4, -0.2) is 15.9 Å². The van der Waals surface area contributed by atoms with Crippen molar-refractivity contribution in [3.05, 3.63) is 52.5 Å². The van der Waals surface area contributed by atoms with E-state index in [4.69, 9.17) is 17.3 Å². The predicted octanol–water partition coefficient (Wildman–Crippen LogP) is 3.67. The maximum absolute atomic E-state index is 13.8. The van der Waals surface area contributed by atoms with E-state index in [1.54, 1.807) is 19.9 Å². The number of aromatic amines is 1. The van der Waals surface area contributed by atoms with E-state index in [0.717, 1.165) is 5.56 Å². The molecule has 7 heteroatoms. The number of aromatic nitrogens is 2. The van der Waals surface area contributed by atoms with E-state index in [2.05, 4.69) is 21.8 Å². The van der Waals surface area contributed by atoms with Crippen LogP contribution in [-0.2, 0) is 0 Å². The Hall–Kier alpha value is -2.21.